The molecule has 1 aromatic carbocycles. The van der Waals surface area contributed by atoms with Crippen LogP contribution in [0.25, 0.3) is 5.65 Å². The lowest BCUT2D eigenvalue weighted by atomic mass is 10.2. The lowest BCUT2D eigenvalue weighted by molar-refractivity contribution is 0.102. The minimum Gasteiger partial charge on any atom is -0.495 e. The zero-order valence-corrected chi connectivity index (χ0v) is 14.9. The van der Waals surface area contributed by atoms with E-state index in [1.165, 1.54) is 7.11 Å². The number of amides is 1. The van der Waals surface area contributed by atoms with Gasteiger partial charge in [-0.05, 0) is 44.2 Å². The zero-order chi connectivity index (χ0) is 18.0. The van der Waals surface area contributed by atoms with Crippen molar-refractivity contribution in [2.75, 3.05) is 19.0 Å². The summed E-state index contributed by atoms with van der Waals surface area (Å²) >= 11 is 6.02. The first-order chi connectivity index (χ1) is 12.0. The van der Waals surface area contributed by atoms with Gasteiger partial charge in [-0.1, -0.05) is 11.6 Å². The number of imidazole rings is 1. The summed E-state index contributed by atoms with van der Waals surface area (Å²) < 4.78 is 12.6. The number of nitrogens with one attached hydrogen (secondary N) is 1. The topological polar surface area (TPSA) is 64.9 Å². The first-order valence-electron chi connectivity index (χ1n) is 7.80. The predicted molar refractivity (Wildman–Crippen MR) is 97.1 cm³/mol. The van der Waals surface area contributed by atoms with Gasteiger partial charge in [0.2, 0.25) is 0 Å². The van der Waals surface area contributed by atoms with Crippen molar-refractivity contribution in [3.8, 4) is 11.5 Å². The van der Waals surface area contributed by atoms with Gasteiger partial charge in [0, 0.05) is 11.2 Å². The third-order valence-electron chi connectivity index (χ3n) is 3.71. The molecule has 0 spiro atoms. The number of hydrogen-bond acceptors (Lipinski definition) is 4. The molecular formula is C18H18ClN3O3. The number of aromatic nitrogens is 2. The van der Waals surface area contributed by atoms with Gasteiger partial charge in [-0.3, -0.25) is 9.20 Å². The molecule has 0 fully saturated rings. The Hall–Kier alpha value is -2.73. The molecule has 7 heteroatoms. The second-order valence-electron chi connectivity index (χ2n) is 5.34. The van der Waals surface area contributed by atoms with Gasteiger partial charge < -0.3 is 14.8 Å². The van der Waals surface area contributed by atoms with E-state index in [2.05, 4.69) is 10.3 Å². The number of nitrogens with zero attached hydrogens (tertiary/aromatic N) is 2. The van der Waals surface area contributed by atoms with Crippen molar-refractivity contribution in [1.29, 1.82) is 0 Å². The number of carbonyl (C=O) groups is 1. The number of anilines is 1. The van der Waals surface area contributed by atoms with E-state index < -0.39 is 0 Å². The van der Waals surface area contributed by atoms with Crippen LogP contribution in [0, 0.1) is 6.92 Å². The monoisotopic (exact) mass is 359 g/mol. The second-order valence-corrected chi connectivity index (χ2v) is 5.78. The molecule has 0 atom stereocenters. The van der Waals surface area contributed by atoms with Gasteiger partial charge in [-0.25, -0.2) is 4.98 Å². The molecule has 130 valence electrons. The van der Waals surface area contributed by atoms with Gasteiger partial charge in [0.05, 0.1) is 25.1 Å². The number of carbonyl (C=O) groups excluding carboxylic acids is 1. The fraction of sp³-hybridized carbons (Fsp3) is 0.222. The molecule has 0 aliphatic heterocycles. The largest absolute Gasteiger partial charge is 0.495 e. The number of hydrogen-bond donors (Lipinski definition) is 1. The molecule has 2 heterocycles. The van der Waals surface area contributed by atoms with Crippen LogP contribution >= 0.6 is 11.6 Å². The Morgan fingerprint density at radius 1 is 1.32 bits per heavy atom. The summed E-state index contributed by atoms with van der Waals surface area (Å²) in [4.78, 5) is 17.3. The number of methoxy groups -OCH3 is 1. The van der Waals surface area contributed by atoms with E-state index in [4.69, 9.17) is 21.1 Å². The number of halogens is 1. The average molecular weight is 360 g/mol. The Kier molecular flexibility index (Phi) is 4.81. The maximum absolute atomic E-state index is 12.8. The van der Waals surface area contributed by atoms with Crippen molar-refractivity contribution < 1.29 is 14.3 Å². The van der Waals surface area contributed by atoms with E-state index in [1.807, 2.05) is 19.1 Å². The first kappa shape index (κ1) is 17.1. The van der Waals surface area contributed by atoms with Crippen LogP contribution in [0.15, 0.2) is 36.5 Å². The highest BCUT2D eigenvalue weighted by Crippen LogP contribution is 2.29. The quantitative estimate of drug-likeness (QED) is 0.749. The minimum absolute atomic E-state index is 0.306. The minimum atomic E-state index is -0.306. The molecule has 3 rings (SSSR count). The van der Waals surface area contributed by atoms with Crippen molar-refractivity contribution in [1.82, 2.24) is 9.38 Å². The number of rotatable bonds is 5. The Labute approximate surface area is 150 Å². The highest BCUT2D eigenvalue weighted by atomic mass is 35.5. The molecule has 1 amide bonds. The molecule has 0 unspecified atom stereocenters. The second kappa shape index (κ2) is 7.03. The molecule has 3 aromatic rings. The smallest absolute Gasteiger partial charge is 0.274 e. The van der Waals surface area contributed by atoms with E-state index in [0.717, 1.165) is 0 Å². The molecule has 25 heavy (non-hydrogen) atoms. The summed E-state index contributed by atoms with van der Waals surface area (Å²) in [6.07, 6.45) is 1.78. The number of fused-ring (bicyclic) bond motifs is 1. The predicted octanol–water partition coefficient (Wildman–Crippen LogP) is 3.96. The molecule has 2 aromatic heterocycles. The van der Waals surface area contributed by atoms with E-state index in [0.29, 0.717) is 45.9 Å². The molecule has 0 bridgehead atoms. The summed E-state index contributed by atoms with van der Waals surface area (Å²) in [6, 6.07) is 8.68. The summed E-state index contributed by atoms with van der Waals surface area (Å²) in [7, 11) is 1.53. The average Bonchev–Trinajstić information content (AvgIpc) is 2.92. The van der Waals surface area contributed by atoms with E-state index in [1.54, 1.807) is 35.7 Å². The molecule has 0 aliphatic rings. The third kappa shape index (κ3) is 3.25. The number of aryl methyl sites for hydroxylation is 1. The van der Waals surface area contributed by atoms with Crippen LogP contribution in [-0.2, 0) is 0 Å². The normalized spacial score (nSPS) is 10.7. The highest BCUT2D eigenvalue weighted by Gasteiger charge is 2.20. The lowest BCUT2D eigenvalue weighted by Crippen LogP contribution is -2.16. The van der Waals surface area contributed by atoms with Gasteiger partial charge in [0.25, 0.3) is 5.91 Å². The van der Waals surface area contributed by atoms with E-state index in [9.17, 15) is 4.79 Å². The summed E-state index contributed by atoms with van der Waals surface area (Å²) in [5, 5.41) is 3.34. The van der Waals surface area contributed by atoms with Gasteiger partial charge in [-0.2, -0.15) is 0 Å². The lowest BCUT2D eigenvalue weighted by Gasteiger charge is -2.11. The Morgan fingerprint density at radius 3 is 2.84 bits per heavy atom. The first-order valence-corrected chi connectivity index (χ1v) is 8.18. The molecule has 0 saturated heterocycles. The van der Waals surface area contributed by atoms with Crippen LogP contribution in [0.3, 0.4) is 0 Å². The van der Waals surface area contributed by atoms with Crippen LogP contribution in [0.5, 0.6) is 11.5 Å². The SMILES string of the molecule is CCOc1cccn2c(C(=O)Nc3cc(Cl)ccc3OC)c(C)nc12. The van der Waals surface area contributed by atoms with Crippen molar-refractivity contribution >= 4 is 28.8 Å². The van der Waals surface area contributed by atoms with Crippen LogP contribution in [0.2, 0.25) is 5.02 Å². The maximum atomic E-state index is 12.8. The van der Waals surface area contributed by atoms with Crippen LogP contribution < -0.4 is 14.8 Å². The summed E-state index contributed by atoms with van der Waals surface area (Å²) in [5.74, 6) is 0.853. The molecular weight excluding hydrogens is 342 g/mol. The molecule has 0 saturated carbocycles. The Balaban J connectivity index is 2.02. The summed E-state index contributed by atoms with van der Waals surface area (Å²) in [6.45, 7) is 4.21. The standard InChI is InChI=1S/C18H18ClN3O3/c1-4-25-15-6-5-9-22-16(11(2)20-17(15)22)18(23)21-13-10-12(19)7-8-14(13)24-3/h5-10H,4H2,1-3H3,(H,21,23). The van der Waals surface area contributed by atoms with Crippen molar-refractivity contribution in [3.05, 3.63) is 52.9 Å². The molecule has 6 nitrogen and oxygen atoms in total. The molecule has 1 N–H and O–H groups in total. The number of pyridine rings is 1. The van der Waals surface area contributed by atoms with Gasteiger partial charge in [-0.15, -0.1) is 0 Å². The Bertz CT molecular complexity index is 937. The van der Waals surface area contributed by atoms with Crippen molar-refractivity contribution in [2.24, 2.45) is 0 Å². The van der Waals surface area contributed by atoms with Crippen molar-refractivity contribution in [3.63, 3.8) is 0 Å². The Morgan fingerprint density at radius 2 is 2.12 bits per heavy atom. The summed E-state index contributed by atoms with van der Waals surface area (Å²) in [5.41, 5.74) is 2.13. The van der Waals surface area contributed by atoms with Crippen LogP contribution in [-0.4, -0.2) is 29.0 Å². The van der Waals surface area contributed by atoms with E-state index >= 15 is 0 Å². The third-order valence-corrected chi connectivity index (χ3v) is 3.95. The van der Waals surface area contributed by atoms with Crippen molar-refractivity contribution in [2.45, 2.75) is 13.8 Å². The van der Waals surface area contributed by atoms with Crippen LogP contribution in [0.1, 0.15) is 23.1 Å². The molecule has 0 radical (unpaired) electrons. The highest BCUT2D eigenvalue weighted by molar-refractivity contribution is 6.31. The maximum Gasteiger partial charge on any atom is 0.274 e. The molecule has 0 aliphatic carbocycles. The van der Waals surface area contributed by atoms with Gasteiger partial charge >= 0.3 is 0 Å². The fourth-order valence-electron chi connectivity index (χ4n) is 2.66. The zero-order valence-electron chi connectivity index (χ0n) is 14.2. The van der Waals surface area contributed by atoms with Gasteiger partial charge in [0.15, 0.2) is 11.4 Å². The van der Waals surface area contributed by atoms with Crippen LogP contribution in [0.4, 0.5) is 5.69 Å². The fourth-order valence-corrected chi connectivity index (χ4v) is 2.83. The number of ether oxygens (including phenoxy) is 2. The van der Waals surface area contributed by atoms with Gasteiger partial charge in [0.1, 0.15) is 11.4 Å². The van der Waals surface area contributed by atoms with E-state index in [-0.39, 0.29) is 5.91 Å². The number of benzene rings is 1.